The molecular formula is C28H31BrN2O7. The van der Waals surface area contributed by atoms with Gasteiger partial charge in [-0.3, -0.25) is 14.5 Å². The van der Waals surface area contributed by atoms with E-state index in [1.54, 1.807) is 24.3 Å². The van der Waals surface area contributed by atoms with Gasteiger partial charge in [-0.05, 0) is 70.7 Å². The van der Waals surface area contributed by atoms with Gasteiger partial charge in [-0.2, -0.15) is 0 Å². The van der Waals surface area contributed by atoms with Crippen LogP contribution in [0.3, 0.4) is 0 Å². The zero-order chi connectivity index (χ0) is 27.0. The number of hydrogen-bond acceptors (Lipinski definition) is 8. The van der Waals surface area contributed by atoms with E-state index in [0.29, 0.717) is 48.2 Å². The van der Waals surface area contributed by atoms with Crippen LogP contribution in [0.2, 0.25) is 0 Å². The molecule has 0 spiro atoms. The molecule has 9 nitrogen and oxygen atoms in total. The Morgan fingerprint density at radius 2 is 1.92 bits per heavy atom. The third-order valence-corrected chi connectivity index (χ3v) is 7.88. The number of carbonyl (C=O) groups excluding carboxylic acids is 2. The van der Waals surface area contributed by atoms with Gasteiger partial charge < -0.3 is 29.3 Å². The largest absolute Gasteiger partial charge is 0.507 e. The molecule has 5 rings (SSSR count). The van der Waals surface area contributed by atoms with Gasteiger partial charge in [0.1, 0.15) is 17.6 Å². The molecule has 2 fully saturated rings. The Bertz CT molecular complexity index is 1290. The van der Waals surface area contributed by atoms with E-state index < -0.39 is 17.7 Å². The molecule has 2 atom stereocenters. The third kappa shape index (κ3) is 5.00. The third-order valence-electron chi connectivity index (χ3n) is 7.27. The van der Waals surface area contributed by atoms with Crippen LogP contribution in [0, 0.1) is 0 Å². The number of halogens is 1. The molecule has 3 aliphatic rings. The maximum atomic E-state index is 13.4. The second kappa shape index (κ2) is 11.0. The molecule has 0 saturated carbocycles. The SMILES string of the molecule is COc1cc([C@H]2C(=C(O)c3ccc4c(c3)C[C@@H](C)O4)C(=O)C(=O)N2CCCN2CCOCC2)cc(Br)c1O. The lowest BCUT2D eigenvalue weighted by molar-refractivity contribution is -0.140. The average Bonchev–Trinajstić information content (AvgIpc) is 3.41. The molecule has 3 heterocycles. The fraction of sp³-hybridized carbons (Fsp3) is 0.429. The quantitative estimate of drug-likeness (QED) is 0.287. The van der Waals surface area contributed by atoms with Crippen molar-refractivity contribution in [3.8, 4) is 17.2 Å². The van der Waals surface area contributed by atoms with Gasteiger partial charge >= 0.3 is 0 Å². The number of aliphatic hydroxyl groups is 1. The van der Waals surface area contributed by atoms with E-state index in [-0.39, 0.29) is 28.9 Å². The highest BCUT2D eigenvalue weighted by Crippen LogP contribution is 2.45. The van der Waals surface area contributed by atoms with Gasteiger partial charge in [-0.25, -0.2) is 0 Å². The first-order valence-electron chi connectivity index (χ1n) is 12.7. The molecule has 0 bridgehead atoms. The van der Waals surface area contributed by atoms with Crippen molar-refractivity contribution < 1.29 is 34.0 Å². The number of fused-ring (bicyclic) bond motifs is 1. The van der Waals surface area contributed by atoms with E-state index in [4.69, 9.17) is 14.2 Å². The van der Waals surface area contributed by atoms with Crippen molar-refractivity contribution in [1.29, 1.82) is 0 Å². The topological polar surface area (TPSA) is 109 Å². The Kier molecular flexibility index (Phi) is 7.65. The fourth-order valence-corrected chi connectivity index (χ4v) is 5.84. The van der Waals surface area contributed by atoms with Crippen LogP contribution in [0.15, 0.2) is 40.4 Å². The van der Waals surface area contributed by atoms with Crippen LogP contribution < -0.4 is 9.47 Å². The van der Waals surface area contributed by atoms with Crippen LogP contribution in [0.25, 0.3) is 5.76 Å². The van der Waals surface area contributed by atoms with Crippen molar-refractivity contribution in [2.24, 2.45) is 0 Å². The molecular weight excluding hydrogens is 556 g/mol. The van der Waals surface area contributed by atoms with Crippen LogP contribution >= 0.6 is 15.9 Å². The number of methoxy groups -OCH3 is 1. The standard InChI is InChI=1S/C28H31BrN2O7/c1-16-12-18-13-17(4-5-21(18)38-16)25(32)23-24(19-14-20(29)26(33)22(15-19)36-2)31(28(35)27(23)34)7-3-6-30-8-10-37-11-9-30/h4-5,13-16,24,32-33H,3,6-12H2,1-2H3/t16-,24+/m1/s1. The molecule has 2 saturated heterocycles. The van der Waals surface area contributed by atoms with Gasteiger partial charge in [0.25, 0.3) is 11.7 Å². The van der Waals surface area contributed by atoms with E-state index in [9.17, 15) is 19.8 Å². The number of ether oxygens (including phenoxy) is 3. The minimum atomic E-state index is -0.853. The maximum absolute atomic E-state index is 13.4. The van der Waals surface area contributed by atoms with Crippen molar-refractivity contribution >= 4 is 33.4 Å². The number of phenolic OH excluding ortho intramolecular Hbond substituents is 1. The van der Waals surface area contributed by atoms with Crippen LogP contribution in [-0.4, -0.2) is 84.3 Å². The smallest absolute Gasteiger partial charge is 0.295 e. The fourth-order valence-electron chi connectivity index (χ4n) is 5.38. The van der Waals surface area contributed by atoms with Crippen molar-refractivity contribution in [2.75, 3.05) is 46.5 Å². The predicted octanol–water partition coefficient (Wildman–Crippen LogP) is 3.63. The van der Waals surface area contributed by atoms with Gasteiger partial charge in [-0.15, -0.1) is 0 Å². The lowest BCUT2D eigenvalue weighted by Crippen LogP contribution is -2.39. The lowest BCUT2D eigenvalue weighted by atomic mass is 9.94. The summed E-state index contributed by atoms with van der Waals surface area (Å²) < 4.78 is 16.9. The number of aromatic hydroxyl groups is 1. The second-order valence-corrected chi connectivity index (χ2v) is 10.7. The first-order chi connectivity index (χ1) is 18.3. The molecule has 3 aliphatic heterocycles. The van der Waals surface area contributed by atoms with Gasteiger partial charge in [0.2, 0.25) is 0 Å². The number of carbonyl (C=O) groups is 2. The van der Waals surface area contributed by atoms with Gasteiger partial charge in [0, 0.05) is 38.2 Å². The van der Waals surface area contributed by atoms with Crippen LogP contribution in [-0.2, 0) is 20.7 Å². The number of hydrogen-bond donors (Lipinski definition) is 2. The number of ketones is 1. The van der Waals surface area contributed by atoms with Crippen molar-refractivity contribution in [2.45, 2.75) is 31.9 Å². The summed E-state index contributed by atoms with van der Waals surface area (Å²) in [7, 11) is 1.43. The van der Waals surface area contributed by atoms with E-state index in [1.807, 2.05) is 13.0 Å². The second-order valence-electron chi connectivity index (χ2n) is 9.81. The molecule has 10 heteroatoms. The Hall–Kier alpha value is -3.08. The summed E-state index contributed by atoms with van der Waals surface area (Å²) in [5.41, 5.74) is 1.93. The Balaban J connectivity index is 1.54. The average molecular weight is 587 g/mol. The van der Waals surface area contributed by atoms with Crippen molar-refractivity contribution in [1.82, 2.24) is 9.80 Å². The van der Waals surface area contributed by atoms with E-state index in [2.05, 4.69) is 20.8 Å². The van der Waals surface area contributed by atoms with Crippen molar-refractivity contribution in [3.63, 3.8) is 0 Å². The molecule has 202 valence electrons. The van der Waals surface area contributed by atoms with Crippen LogP contribution in [0.1, 0.15) is 36.1 Å². The number of phenols is 1. The zero-order valence-electron chi connectivity index (χ0n) is 21.4. The lowest BCUT2D eigenvalue weighted by Gasteiger charge is -2.29. The van der Waals surface area contributed by atoms with E-state index in [1.165, 1.54) is 12.0 Å². The number of morpholine rings is 1. The van der Waals surface area contributed by atoms with Crippen molar-refractivity contribution in [3.05, 3.63) is 57.1 Å². The van der Waals surface area contributed by atoms with Gasteiger partial charge in [0.05, 0.1) is 36.4 Å². The molecule has 0 aliphatic carbocycles. The first-order valence-corrected chi connectivity index (χ1v) is 13.5. The predicted molar refractivity (Wildman–Crippen MR) is 143 cm³/mol. The monoisotopic (exact) mass is 586 g/mol. The minimum Gasteiger partial charge on any atom is -0.507 e. The van der Waals surface area contributed by atoms with E-state index >= 15 is 0 Å². The number of benzene rings is 2. The number of likely N-dealkylation sites (tertiary alicyclic amines) is 1. The molecule has 2 aromatic rings. The Morgan fingerprint density at radius 1 is 1.16 bits per heavy atom. The number of nitrogens with zero attached hydrogens (tertiary/aromatic N) is 2. The molecule has 0 radical (unpaired) electrons. The maximum Gasteiger partial charge on any atom is 0.295 e. The molecule has 2 N–H and O–H groups in total. The molecule has 0 unspecified atom stereocenters. The Labute approximate surface area is 229 Å². The summed E-state index contributed by atoms with van der Waals surface area (Å²) in [6.45, 7) is 6.05. The van der Waals surface area contributed by atoms with Crippen LogP contribution in [0.5, 0.6) is 17.2 Å². The van der Waals surface area contributed by atoms with Crippen LogP contribution in [0.4, 0.5) is 0 Å². The minimum absolute atomic E-state index is 0.00734. The molecule has 1 amide bonds. The summed E-state index contributed by atoms with van der Waals surface area (Å²) in [5.74, 6) is -0.798. The zero-order valence-corrected chi connectivity index (χ0v) is 23.0. The molecule has 38 heavy (non-hydrogen) atoms. The summed E-state index contributed by atoms with van der Waals surface area (Å²) in [5, 5.41) is 21.8. The number of rotatable bonds is 7. The summed E-state index contributed by atoms with van der Waals surface area (Å²) in [4.78, 5) is 30.5. The first kappa shape index (κ1) is 26.5. The summed E-state index contributed by atoms with van der Waals surface area (Å²) >= 11 is 3.35. The normalized spacial score (nSPS) is 23.0. The van der Waals surface area contributed by atoms with Gasteiger partial charge in [0.15, 0.2) is 11.5 Å². The van der Waals surface area contributed by atoms with E-state index in [0.717, 1.165) is 30.9 Å². The molecule has 0 aromatic heterocycles. The number of aliphatic hydroxyl groups excluding tert-OH is 1. The Morgan fingerprint density at radius 3 is 2.66 bits per heavy atom. The summed E-state index contributed by atoms with van der Waals surface area (Å²) in [6, 6.07) is 7.68. The highest BCUT2D eigenvalue weighted by molar-refractivity contribution is 9.10. The van der Waals surface area contributed by atoms with Gasteiger partial charge in [-0.1, -0.05) is 0 Å². The molecule has 2 aromatic carbocycles. The number of Topliss-reactive ketones (excluding diaryl/α,β-unsaturated/α-hetero) is 1. The summed E-state index contributed by atoms with van der Waals surface area (Å²) in [6.07, 6.45) is 1.37. The number of amides is 1. The highest BCUT2D eigenvalue weighted by Gasteiger charge is 2.46. The highest BCUT2D eigenvalue weighted by atomic mass is 79.9.